The minimum absolute atomic E-state index is 0.0427. The van der Waals surface area contributed by atoms with E-state index in [9.17, 15) is 9.59 Å². The molecule has 4 nitrogen and oxygen atoms in total. The summed E-state index contributed by atoms with van der Waals surface area (Å²) in [6.07, 6.45) is 2.05. The molecule has 2 amide bonds. The Bertz CT molecular complexity index is 251. The van der Waals surface area contributed by atoms with Crippen LogP contribution in [0.25, 0.3) is 0 Å². The summed E-state index contributed by atoms with van der Waals surface area (Å²) in [4.78, 5) is 24.3. The van der Waals surface area contributed by atoms with Crippen LogP contribution in [0.5, 0.6) is 0 Å². The van der Waals surface area contributed by atoms with Gasteiger partial charge in [0.25, 0.3) is 0 Å². The van der Waals surface area contributed by atoms with E-state index < -0.39 is 0 Å². The zero-order valence-corrected chi connectivity index (χ0v) is 8.45. The highest BCUT2D eigenvalue weighted by atomic mass is 16.2. The monoisotopic (exact) mass is 196 g/mol. The fraction of sp³-hybridized carbons (Fsp3) is 0.600. The van der Waals surface area contributed by atoms with Crippen molar-refractivity contribution in [2.24, 2.45) is 5.92 Å². The van der Waals surface area contributed by atoms with Crippen LogP contribution < -0.4 is 5.32 Å². The average molecular weight is 196 g/mol. The van der Waals surface area contributed by atoms with Gasteiger partial charge in [0.15, 0.2) is 0 Å². The maximum atomic E-state index is 11.4. The molecule has 1 unspecified atom stereocenters. The molecule has 0 aromatic rings. The van der Waals surface area contributed by atoms with Crippen LogP contribution in [0.15, 0.2) is 12.7 Å². The summed E-state index contributed by atoms with van der Waals surface area (Å²) in [7, 11) is 0. The van der Waals surface area contributed by atoms with Gasteiger partial charge in [0.05, 0.1) is 5.92 Å². The molecule has 1 heterocycles. The summed E-state index contributed by atoms with van der Waals surface area (Å²) in [5.41, 5.74) is 0. The predicted molar refractivity (Wildman–Crippen MR) is 53.6 cm³/mol. The Kier molecular flexibility index (Phi) is 3.68. The van der Waals surface area contributed by atoms with Crippen molar-refractivity contribution >= 4 is 11.8 Å². The van der Waals surface area contributed by atoms with E-state index in [2.05, 4.69) is 11.9 Å². The highest BCUT2D eigenvalue weighted by Gasteiger charge is 2.29. The Morgan fingerprint density at radius 2 is 2.36 bits per heavy atom. The van der Waals surface area contributed by atoms with E-state index in [1.54, 1.807) is 4.90 Å². The topological polar surface area (TPSA) is 49.4 Å². The van der Waals surface area contributed by atoms with Crippen LogP contribution in [-0.2, 0) is 9.59 Å². The van der Waals surface area contributed by atoms with Crippen molar-refractivity contribution in [2.75, 3.05) is 19.6 Å². The quantitative estimate of drug-likeness (QED) is 0.653. The molecule has 1 fully saturated rings. The van der Waals surface area contributed by atoms with Crippen LogP contribution >= 0.6 is 0 Å². The van der Waals surface area contributed by atoms with Crippen molar-refractivity contribution < 1.29 is 9.59 Å². The van der Waals surface area contributed by atoms with E-state index in [1.807, 2.05) is 6.92 Å². The maximum Gasteiger partial charge on any atom is 0.245 e. The minimum atomic E-state index is -0.0863. The van der Waals surface area contributed by atoms with E-state index >= 15 is 0 Å². The first kappa shape index (κ1) is 10.8. The molecule has 1 saturated heterocycles. The number of hydrogen-bond acceptors (Lipinski definition) is 2. The van der Waals surface area contributed by atoms with E-state index in [1.165, 1.54) is 6.08 Å². The molecular weight excluding hydrogens is 180 g/mol. The third-order valence-corrected chi connectivity index (χ3v) is 2.40. The van der Waals surface area contributed by atoms with Crippen molar-refractivity contribution in [3.8, 4) is 0 Å². The maximum absolute atomic E-state index is 11.4. The molecule has 1 atom stereocenters. The van der Waals surface area contributed by atoms with Crippen LogP contribution in [0.4, 0.5) is 0 Å². The average Bonchev–Trinajstić information content (AvgIpc) is 2.66. The Hall–Kier alpha value is -1.32. The number of hydrogen-bond donors (Lipinski definition) is 1. The summed E-state index contributed by atoms with van der Waals surface area (Å²) in [6, 6.07) is 0. The first-order valence-corrected chi connectivity index (χ1v) is 4.88. The molecule has 1 rings (SSSR count). The zero-order valence-electron chi connectivity index (χ0n) is 8.45. The molecule has 0 bridgehead atoms. The highest BCUT2D eigenvalue weighted by Crippen LogP contribution is 2.16. The van der Waals surface area contributed by atoms with Gasteiger partial charge in [-0.3, -0.25) is 9.59 Å². The molecule has 4 heteroatoms. The lowest BCUT2D eigenvalue weighted by Gasteiger charge is -2.13. The fourth-order valence-corrected chi connectivity index (χ4v) is 1.62. The van der Waals surface area contributed by atoms with Gasteiger partial charge in [0, 0.05) is 19.6 Å². The second-order valence-electron chi connectivity index (χ2n) is 3.37. The molecule has 0 aromatic heterocycles. The fourth-order valence-electron chi connectivity index (χ4n) is 1.62. The molecule has 14 heavy (non-hydrogen) atoms. The first-order valence-electron chi connectivity index (χ1n) is 4.88. The van der Waals surface area contributed by atoms with E-state index in [4.69, 9.17) is 0 Å². The molecule has 0 radical (unpaired) electrons. The Labute approximate surface area is 84.0 Å². The predicted octanol–water partition coefficient (Wildman–Crippen LogP) is 0.157. The van der Waals surface area contributed by atoms with Gasteiger partial charge in [-0.1, -0.05) is 6.58 Å². The van der Waals surface area contributed by atoms with Crippen LogP contribution in [0.1, 0.15) is 13.3 Å². The van der Waals surface area contributed by atoms with Crippen LogP contribution in [0.3, 0.4) is 0 Å². The third kappa shape index (κ3) is 2.34. The summed E-state index contributed by atoms with van der Waals surface area (Å²) in [6.45, 7) is 7.14. The number of rotatable bonds is 3. The van der Waals surface area contributed by atoms with Crippen molar-refractivity contribution in [1.82, 2.24) is 10.2 Å². The van der Waals surface area contributed by atoms with Gasteiger partial charge in [0.2, 0.25) is 11.8 Å². The smallest absolute Gasteiger partial charge is 0.245 e. The number of carbonyl (C=O) groups is 2. The number of nitrogens with zero attached hydrogens (tertiary/aromatic N) is 1. The van der Waals surface area contributed by atoms with Gasteiger partial charge in [-0.2, -0.15) is 0 Å². The van der Waals surface area contributed by atoms with Crippen molar-refractivity contribution in [2.45, 2.75) is 13.3 Å². The molecule has 0 saturated carbocycles. The first-order chi connectivity index (χ1) is 6.69. The summed E-state index contributed by atoms with van der Waals surface area (Å²) in [5, 5.41) is 2.76. The summed E-state index contributed by atoms with van der Waals surface area (Å²) in [5.74, 6) is -0.0810. The van der Waals surface area contributed by atoms with Gasteiger partial charge in [-0.15, -0.1) is 0 Å². The second kappa shape index (κ2) is 4.79. The number of likely N-dealkylation sites (tertiary alicyclic amines) is 1. The van der Waals surface area contributed by atoms with E-state index in [-0.39, 0.29) is 17.7 Å². The Morgan fingerprint density at radius 1 is 1.64 bits per heavy atom. The molecule has 0 aliphatic carbocycles. The number of carbonyl (C=O) groups excluding carboxylic acids is 2. The van der Waals surface area contributed by atoms with Crippen LogP contribution in [-0.4, -0.2) is 36.3 Å². The third-order valence-electron chi connectivity index (χ3n) is 2.40. The highest BCUT2D eigenvalue weighted by molar-refractivity contribution is 5.88. The lowest BCUT2D eigenvalue weighted by Crippen LogP contribution is -2.33. The second-order valence-corrected chi connectivity index (χ2v) is 3.37. The molecule has 78 valence electrons. The van der Waals surface area contributed by atoms with Gasteiger partial charge in [-0.25, -0.2) is 0 Å². The minimum Gasteiger partial charge on any atom is -0.356 e. The molecule has 1 aliphatic heterocycles. The number of amides is 2. The van der Waals surface area contributed by atoms with Crippen LogP contribution in [0, 0.1) is 5.92 Å². The Morgan fingerprint density at radius 3 is 2.93 bits per heavy atom. The molecular formula is C10H16N2O2. The SMILES string of the molecule is C=CC(=O)N1CCC(C(=O)NCC)C1. The molecule has 1 aliphatic rings. The lowest BCUT2D eigenvalue weighted by molar-refractivity contribution is -0.126. The van der Waals surface area contributed by atoms with Crippen molar-refractivity contribution in [3.05, 3.63) is 12.7 Å². The Balaban J connectivity index is 2.44. The standard InChI is InChI=1S/C10H16N2O2/c1-3-9(13)12-6-5-8(7-12)10(14)11-4-2/h3,8H,1,4-7H2,2H3,(H,11,14). The molecule has 0 aromatic carbocycles. The van der Waals surface area contributed by atoms with Gasteiger partial charge in [-0.05, 0) is 19.4 Å². The van der Waals surface area contributed by atoms with Crippen molar-refractivity contribution in [3.63, 3.8) is 0 Å². The lowest BCUT2D eigenvalue weighted by atomic mass is 10.1. The molecule has 0 spiro atoms. The molecule has 1 N–H and O–H groups in total. The zero-order chi connectivity index (χ0) is 10.6. The normalized spacial score (nSPS) is 20.6. The summed E-state index contributed by atoms with van der Waals surface area (Å²) < 4.78 is 0. The van der Waals surface area contributed by atoms with E-state index in [0.717, 1.165) is 6.42 Å². The van der Waals surface area contributed by atoms with E-state index in [0.29, 0.717) is 19.6 Å². The number of nitrogens with one attached hydrogen (secondary N) is 1. The van der Waals surface area contributed by atoms with Gasteiger partial charge < -0.3 is 10.2 Å². The van der Waals surface area contributed by atoms with Gasteiger partial charge >= 0.3 is 0 Å². The van der Waals surface area contributed by atoms with Crippen LogP contribution in [0.2, 0.25) is 0 Å². The van der Waals surface area contributed by atoms with Crippen molar-refractivity contribution in [1.29, 1.82) is 0 Å². The van der Waals surface area contributed by atoms with Gasteiger partial charge in [0.1, 0.15) is 0 Å². The largest absolute Gasteiger partial charge is 0.356 e. The summed E-state index contributed by atoms with van der Waals surface area (Å²) >= 11 is 0.